The van der Waals surface area contributed by atoms with Gasteiger partial charge in [-0.25, -0.2) is 4.39 Å². The molecule has 0 aromatic heterocycles. The van der Waals surface area contributed by atoms with Crippen LogP contribution >= 0.6 is 0 Å². The highest BCUT2D eigenvalue weighted by Gasteiger charge is 2.29. The molecule has 0 aliphatic carbocycles. The average Bonchev–Trinajstić information content (AvgIpc) is 2.42. The molecular weight excluding hydrogens is 253 g/mol. The SMILES string of the molecule is CC.CN1CCC(C(C)(C)O)CC1.Fc1ccccc1. The first-order valence-electron chi connectivity index (χ1n) is 7.51. The van der Waals surface area contributed by atoms with Crippen molar-refractivity contribution in [2.45, 2.75) is 46.1 Å². The highest BCUT2D eigenvalue weighted by molar-refractivity contribution is 5.02. The molecule has 1 saturated heterocycles. The molecule has 0 unspecified atom stereocenters. The Morgan fingerprint density at radius 1 is 1.10 bits per heavy atom. The Bertz CT molecular complexity index is 327. The lowest BCUT2D eigenvalue weighted by atomic mass is 9.83. The van der Waals surface area contributed by atoms with Crippen LogP contribution in [0.4, 0.5) is 4.39 Å². The lowest BCUT2D eigenvalue weighted by molar-refractivity contribution is -0.00924. The van der Waals surface area contributed by atoms with Crippen LogP contribution in [0.15, 0.2) is 30.3 Å². The third-order valence-corrected chi connectivity index (χ3v) is 3.45. The molecule has 0 radical (unpaired) electrons. The summed E-state index contributed by atoms with van der Waals surface area (Å²) in [5, 5.41) is 9.71. The zero-order chi connectivity index (χ0) is 15.6. The van der Waals surface area contributed by atoms with Crippen LogP contribution < -0.4 is 0 Å². The number of piperidine rings is 1. The van der Waals surface area contributed by atoms with Crippen molar-refractivity contribution in [3.05, 3.63) is 36.1 Å². The van der Waals surface area contributed by atoms with Crippen LogP contribution in [0.5, 0.6) is 0 Å². The first-order chi connectivity index (χ1) is 9.39. The third kappa shape index (κ3) is 8.28. The summed E-state index contributed by atoms with van der Waals surface area (Å²) in [4.78, 5) is 2.32. The predicted molar refractivity (Wildman–Crippen MR) is 84.3 cm³/mol. The molecule has 1 aliphatic heterocycles. The maximum Gasteiger partial charge on any atom is 0.123 e. The molecule has 2 rings (SSSR count). The van der Waals surface area contributed by atoms with E-state index in [4.69, 9.17) is 0 Å². The Labute approximate surface area is 123 Å². The van der Waals surface area contributed by atoms with Gasteiger partial charge in [0.25, 0.3) is 0 Å². The lowest BCUT2D eigenvalue weighted by Crippen LogP contribution is -2.40. The molecule has 1 fully saturated rings. The Kier molecular flexibility index (Phi) is 9.43. The summed E-state index contributed by atoms with van der Waals surface area (Å²) in [6.45, 7) is 10.1. The number of likely N-dealkylation sites (tertiary alicyclic amines) is 1. The van der Waals surface area contributed by atoms with Gasteiger partial charge in [-0.05, 0) is 64.9 Å². The van der Waals surface area contributed by atoms with Crippen molar-refractivity contribution in [2.24, 2.45) is 5.92 Å². The summed E-state index contributed by atoms with van der Waals surface area (Å²) >= 11 is 0. The largest absolute Gasteiger partial charge is 0.390 e. The van der Waals surface area contributed by atoms with Crippen LogP contribution in [0.1, 0.15) is 40.5 Å². The maximum atomic E-state index is 11.9. The predicted octanol–water partition coefficient (Wildman–Crippen LogP) is 3.95. The fourth-order valence-corrected chi connectivity index (χ4v) is 2.13. The molecule has 0 bridgehead atoms. The topological polar surface area (TPSA) is 23.5 Å². The monoisotopic (exact) mass is 283 g/mol. The van der Waals surface area contributed by atoms with Gasteiger partial charge >= 0.3 is 0 Å². The second-order valence-corrected chi connectivity index (χ2v) is 5.53. The molecule has 1 aliphatic rings. The highest BCUT2D eigenvalue weighted by Crippen LogP contribution is 2.26. The van der Waals surface area contributed by atoms with Gasteiger partial charge in [0.05, 0.1) is 5.60 Å². The van der Waals surface area contributed by atoms with Crippen molar-refractivity contribution in [1.82, 2.24) is 4.90 Å². The number of hydrogen-bond donors (Lipinski definition) is 1. The fraction of sp³-hybridized carbons (Fsp3) is 0.647. The molecule has 3 heteroatoms. The summed E-state index contributed by atoms with van der Waals surface area (Å²) in [5.41, 5.74) is -0.471. The van der Waals surface area contributed by atoms with Gasteiger partial charge in [0.1, 0.15) is 5.82 Å². The van der Waals surface area contributed by atoms with E-state index < -0.39 is 5.60 Å². The van der Waals surface area contributed by atoms with Crippen LogP contribution in [0.25, 0.3) is 0 Å². The van der Waals surface area contributed by atoms with E-state index in [1.165, 1.54) is 12.1 Å². The Balaban J connectivity index is 0.000000345. The van der Waals surface area contributed by atoms with Gasteiger partial charge in [-0.15, -0.1) is 0 Å². The highest BCUT2D eigenvalue weighted by atomic mass is 19.1. The first kappa shape index (κ1) is 19.1. The quantitative estimate of drug-likeness (QED) is 0.843. The van der Waals surface area contributed by atoms with Crippen molar-refractivity contribution < 1.29 is 9.50 Å². The van der Waals surface area contributed by atoms with Crippen molar-refractivity contribution in [2.75, 3.05) is 20.1 Å². The molecule has 1 aromatic carbocycles. The van der Waals surface area contributed by atoms with Gasteiger partial charge in [0, 0.05) is 0 Å². The van der Waals surface area contributed by atoms with E-state index in [0.29, 0.717) is 5.92 Å². The van der Waals surface area contributed by atoms with Crippen LogP contribution in [0, 0.1) is 11.7 Å². The minimum absolute atomic E-state index is 0.178. The zero-order valence-electron chi connectivity index (χ0n) is 13.6. The molecule has 1 aromatic rings. The van der Waals surface area contributed by atoms with Gasteiger partial charge in [0.15, 0.2) is 0 Å². The first-order valence-corrected chi connectivity index (χ1v) is 7.51. The van der Waals surface area contributed by atoms with Crippen molar-refractivity contribution in [1.29, 1.82) is 0 Å². The molecule has 0 amide bonds. The van der Waals surface area contributed by atoms with Gasteiger partial charge in [-0.1, -0.05) is 32.0 Å². The number of benzene rings is 1. The van der Waals surface area contributed by atoms with Gasteiger partial charge in [-0.3, -0.25) is 0 Å². The number of halogens is 1. The Hall–Kier alpha value is -0.930. The average molecular weight is 283 g/mol. The van der Waals surface area contributed by atoms with Crippen LogP contribution in [-0.4, -0.2) is 35.7 Å². The van der Waals surface area contributed by atoms with E-state index in [-0.39, 0.29) is 5.82 Å². The smallest absolute Gasteiger partial charge is 0.123 e. The second-order valence-electron chi connectivity index (χ2n) is 5.53. The molecule has 2 nitrogen and oxygen atoms in total. The van der Waals surface area contributed by atoms with Crippen LogP contribution in [-0.2, 0) is 0 Å². The standard InChI is InChI=1S/C9H19NO.C6H5F.C2H6/c1-9(2,11)8-4-6-10(3)7-5-8;7-6-4-2-1-3-5-6;1-2/h8,11H,4-7H2,1-3H3;1-5H;1-2H3. The molecule has 1 heterocycles. The molecule has 1 N–H and O–H groups in total. The van der Waals surface area contributed by atoms with Crippen molar-refractivity contribution in [3.8, 4) is 0 Å². The summed E-state index contributed by atoms with van der Waals surface area (Å²) in [5.74, 6) is 0.321. The fourth-order valence-electron chi connectivity index (χ4n) is 2.13. The molecular formula is C17H30FNO. The van der Waals surface area contributed by atoms with Crippen molar-refractivity contribution >= 4 is 0 Å². The Morgan fingerprint density at radius 3 is 1.85 bits per heavy atom. The van der Waals surface area contributed by atoms with E-state index in [2.05, 4.69) is 11.9 Å². The minimum Gasteiger partial charge on any atom is -0.390 e. The van der Waals surface area contributed by atoms with Gasteiger partial charge in [-0.2, -0.15) is 0 Å². The second kappa shape index (κ2) is 9.89. The summed E-state index contributed by atoms with van der Waals surface area (Å²) in [6, 6.07) is 7.94. The lowest BCUT2D eigenvalue weighted by Gasteiger charge is -2.36. The summed E-state index contributed by atoms with van der Waals surface area (Å²) in [6.07, 6.45) is 2.28. The van der Waals surface area contributed by atoms with E-state index in [9.17, 15) is 9.50 Å². The summed E-state index contributed by atoms with van der Waals surface area (Å²) < 4.78 is 11.9. The number of rotatable bonds is 1. The normalized spacial score (nSPS) is 16.6. The molecule has 0 saturated carbocycles. The number of hydrogen-bond acceptors (Lipinski definition) is 2. The molecule has 116 valence electrons. The number of nitrogens with zero attached hydrogens (tertiary/aromatic N) is 1. The Morgan fingerprint density at radius 2 is 1.55 bits per heavy atom. The zero-order valence-corrected chi connectivity index (χ0v) is 13.6. The third-order valence-electron chi connectivity index (χ3n) is 3.45. The van der Waals surface area contributed by atoms with Crippen molar-refractivity contribution in [3.63, 3.8) is 0 Å². The minimum atomic E-state index is -0.471. The van der Waals surface area contributed by atoms with E-state index in [1.54, 1.807) is 18.2 Å². The maximum absolute atomic E-state index is 11.9. The molecule has 20 heavy (non-hydrogen) atoms. The molecule has 0 atom stereocenters. The van der Waals surface area contributed by atoms with E-state index >= 15 is 0 Å². The number of aliphatic hydroxyl groups is 1. The van der Waals surface area contributed by atoms with Gasteiger partial charge < -0.3 is 10.0 Å². The van der Waals surface area contributed by atoms with Crippen LogP contribution in [0.3, 0.4) is 0 Å². The van der Waals surface area contributed by atoms with Gasteiger partial charge in [0.2, 0.25) is 0 Å². The van der Waals surface area contributed by atoms with E-state index in [1.807, 2.05) is 27.7 Å². The molecule has 0 spiro atoms. The van der Waals surface area contributed by atoms with Crippen LogP contribution in [0.2, 0.25) is 0 Å². The summed E-state index contributed by atoms with van der Waals surface area (Å²) in [7, 11) is 2.14. The van der Waals surface area contributed by atoms with E-state index in [0.717, 1.165) is 25.9 Å².